The molecule has 0 aromatic heterocycles. The molecule has 3 nitrogen and oxygen atoms in total. The van der Waals surface area contributed by atoms with Crippen LogP contribution in [0.15, 0.2) is 18.2 Å². The first-order valence-electron chi connectivity index (χ1n) is 6.31. The van der Waals surface area contributed by atoms with Crippen molar-refractivity contribution in [3.05, 3.63) is 29.3 Å². The van der Waals surface area contributed by atoms with E-state index in [4.69, 9.17) is 4.74 Å². The molecule has 0 amide bonds. The zero-order valence-corrected chi connectivity index (χ0v) is 12.0. The number of ether oxygens (including phenoxy) is 1. The molecule has 0 aliphatic rings. The highest BCUT2D eigenvalue weighted by Gasteiger charge is 2.12. The average Bonchev–Trinajstić information content (AvgIpc) is 2.34. The summed E-state index contributed by atoms with van der Waals surface area (Å²) < 4.78 is 5.32. The Kier molecular flexibility index (Phi) is 5.35. The van der Waals surface area contributed by atoms with Crippen LogP contribution < -0.4 is 4.74 Å². The molecule has 0 saturated carbocycles. The van der Waals surface area contributed by atoms with Crippen molar-refractivity contribution < 1.29 is 9.53 Å². The topological polar surface area (TPSA) is 29.5 Å². The molecule has 0 unspecified atom stereocenters. The summed E-state index contributed by atoms with van der Waals surface area (Å²) in [7, 11) is 5.61. The first-order valence-corrected chi connectivity index (χ1v) is 6.31. The fourth-order valence-electron chi connectivity index (χ4n) is 1.83. The molecule has 1 rings (SSSR count). The Morgan fingerprint density at radius 1 is 1.33 bits per heavy atom. The zero-order chi connectivity index (χ0) is 13.7. The van der Waals surface area contributed by atoms with Gasteiger partial charge in [0.05, 0.1) is 7.11 Å². The molecule has 3 heteroatoms. The van der Waals surface area contributed by atoms with Crippen molar-refractivity contribution in [2.24, 2.45) is 0 Å². The van der Waals surface area contributed by atoms with Crippen LogP contribution in [0.1, 0.15) is 42.1 Å². The third-order valence-electron chi connectivity index (χ3n) is 2.96. The Morgan fingerprint density at radius 2 is 2.00 bits per heavy atom. The van der Waals surface area contributed by atoms with E-state index in [1.165, 1.54) is 0 Å². The molecule has 0 radical (unpaired) electrons. The van der Waals surface area contributed by atoms with Crippen LogP contribution in [-0.4, -0.2) is 38.4 Å². The van der Waals surface area contributed by atoms with Gasteiger partial charge in [-0.15, -0.1) is 0 Å². The number of nitrogens with zero attached hydrogens (tertiary/aromatic N) is 1. The quantitative estimate of drug-likeness (QED) is 0.726. The molecule has 1 aromatic carbocycles. The van der Waals surface area contributed by atoms with Gasteiger partial charge in [0.2, 0.25) is 0 Å². The summed E-state index contributed by atoms with van der Waals surface area (Å²) in [5, 5.41) is 0. The van der Waals surface area contributed by atoms with Gasteiger partial charge in [0.25, 0.3) is 0 Å². The van der Waals surface area contributed by atoms with E-state index in [1.807, 2.05) is 37.2 Å². The lowest BCUT2D eigenvalue weighted by atomic mass is 9.97. The van der Waals surface area contributed by atoms with Gasteiger partial charge >= 0.3 is 0 Å². The predicted molar refractivity (Wildman–Crippen MR) is 74.6 cm³/mol. The van der Waals surface area contributed by atoms with Crippen LogP contribution in [0.5, 0.6) is 5.75 Å². The van der Waals surface area contributed by atoms with E-state index in [2.05, 4.69) is 13.8 Å². The Bertz CT molecular complexity index is 411. The minimum absolute atomic E-state index is 0.188. The fourth-order valence-corrected chi connectivity index (χ4v) is 1.83. The van der Waals surface area contributed by atoms with E-state index in [0.717, 1.165) is 23.4 Å². The molecule has 0 saturated heterocycles. The average molecular weight is 249 g/mol. The standard InChI is InChI=1S/C15H23NO2/c1-11(2)13-10-12(6-7-15(13)18-5)14(17)8-9-16(3)4/h6-7,10-11H,8-9H2,1-5H3. The van der Waals surface area contributed by atoms with Crippen LogP contribution in [0.3, 0.4) is 0 Å². The lowest BCUT2D eigenvalue weighted by molar-refractivity contribution is 0.0972. The molecule has 18 heavy (non-hydrogen) atoms. The van der Waals surface area contributed by atoms with Gasteiger partial charge in [0.15, 0.2) is 5.78 Å². The molecule has 1 aromatic rings. The minimum atomic E-state index is 0.188. The van der Waals surface area contributed by atoms with E-state index >= 15 is 0 Å². The lowest BCUT2D eigenvalue weighted by Gasteiger charge is -2.14. The Balaban J connectivity index is 2.90. The van der Waals surface area contributed by atoms with Crippen molar-refractivity contribution >= 4 is 5.78 Å². The summed E-state index contributed by atoms with van der Waals surface area (Å²) in [4.78, 5) is 14.1. The van der Waals surface area contributed by atoms with Gasteiger partial charge in [-0.3, -0.25) is 4.79 Å². The fraction of sp³-hybridized carbons (Fsp3) is 0.533. The maximum atomic E-state index is 12.1. The highest BCUT2D eigenvalue weighted by atomic mass is 16.5. The third-order valence-corrected chi connectivity index (χ3v) is 2.96. The van der Waals surface area contributed by atoms with Gasteiger partial charge in [0, 0.05) is 18.5 Å². The number of carbonyl (C=O) groups excluding carboxylic acids is 1. The summed E-state index contributed by atoms with van der Waals surface area (Å²) in [6.07, 6.45) is 0.552. The molecular weight excluding hydrogens is 226 g/mol. The van der Waals surface area contributed by atoms with E-state index in [0.29, 0.717) is 12.3 Å². The highest BCUT2D eigenvalue weighted by Crippen LogP contribution is 2.27. The first-order chi connectivity index (χ1) is 8.45. The van der Waals surface area contributed by atoms with Crippen molar-refractivity contribution in [2.75, 3.05) is 27.7 Å². The van der Waals surface area contributed by atoms with Crippen LogP contribution in [0.25, 0.3) is 0 Å². The Morgan fingerprint density at radius 3 is 2.50 bits per heavy atom. The van der Waals surface area contributed by atoms with Gasteiger partial charge in [-0.2, -0.15) is 0 Å². The predicted octanol–water partition coefficient (Wildman–Crippen LogP) is 2.95. The summed E-state index contributed by atoms with van der Waals surface area (Å²) in [6, 6.07) is 5.70. The molecule has 0 aliphatic carbocycles. The van der Waals surface area contributed by atoms with Crippen LogP contribution in [0, 0.1) is 0 Å². The number of carbonyl (C=O) groups is 1. The number of hydrogen-bond acceptors (Lipinski definition) is 3. The first kappa shape index (κ1) is 14.7. The van der Waals surface area contributed by atoms with Crippen molar-refractivity contribution in [3.8, 4) is 5.75 Å². The van der Waals surface area contributed by atoms with Crippen molar-refractivity contribution in [2.45, 2.75) is 26.2 Å². The molecule has 0 spiro atoms. The number of ketones is 1. The molecule has 0 bridgehead atoms. The molecule has 0 aliphatic heterocycles. The Labute approximate surface area is 110 Å². The third kappa shape index (κ3) is 3.84. The van der Waals surface area contributed by atoms with Crippen LogP contribution in [0.4, 0.5) is 0 Å². The van der Waals surface area contributed by atoms with Crippen LogP contribution >= 0.6 is 0 Å². The number of Topliss-reactive ketones (excluding diaryl/α,β-unsaturated/α-hetero) is 1. The normalized spacial score (nSPS) is 11.1. The summed E-state index contributed by atoms with van der Waals surface area (Å²) in [5.41, 5.74) is 1.87. The zero-order valence-electron chi connectivity index (χ0n) is 12.0. The van der Waals surface area contributed by atoms with Gasteiger partial charge in [0.1, 0.15) is 5.75 Å². The highest BCUT2D eigenvalue weighted by molar-refractivity contribution is 5.96. The van der Waals surface area contributed by atoms with E-state index in [1.54, 1.807) is 7.11 Å². The summed E-state index contributed by atoms with van der Waals surface area (Å²) in [6.45, 7) is 4.99. The van der Waals surface area contributed by atoms with E-state index in [9.17, 15) is 4.79 Å². The maximum absolute atomic E-state index is 12.1. The summed E-state index contributed by atoms with van der Waals surface area (Å²) in [5.74, 6) is 1.39. The largest absolute Gasteiger partial charge is 0.496 e. The molecule has 0 atom stereocenters. The van der Waals surface area contributed by atoms with E-state index < -0.39 is 0 Å². The van der Waals surface area contributed by atoms with Crippen molar-refractivity contribution in [3.63, 3.8) is 0 Å². The molecular formula is C15H23NO2. The number of benzene rings is 1. The smallest absolute Gasteiger partial charge is 0.164 e. The van der Waals surface area contributed by atoms with Crippen LogP contribution in [0.2, 0.25) is 0 Å². The molecule has 0 N–H and O–H groups in total. The van der Waals surface area contributed by atoms with E-state index in [-0.39, 0.29) is 5.78 Å². The van der Waals surface area contributed by atoms with Gasteiger partial charge in [-0.05, 0) is 43.8 Å². The molecule has 100 valence electrons. The van der Waals surface area contributed by atoms with Gasteiger partial charge in [-0.1, -0.05) is 13.8 Å². The molecule has 0 fully saturated rings. The number of rotatable bonds is 6. The second kappa shape index (κ2) is 6.55. The Hall–Kier alpha value is -1.35. The second-order valence-electron chi connectivity index (χ2n) is 5.09. The van der Waals surface area contributed by atoms with Crippen LogP contribution in [-0.2, 0) is 0 Å². The lowest BCUT2D eigenvalue weighted by Crippen LogP contribution is -2.16. The van der Waals surface area contributed by atoms with Crippen molar-refractivity contribution in [1.82, 2.24) is 4.90 Å². The number of hydrogen-bond donors (Lipinski definition) is 0. The minimum Gasteiger partial charge on any atom is -0.496 e. The second-order valence-corrected chi connectivity index (χ2v) is 5.09. The van der Waals surface area contributed by atoms with Gasteiger partial charge < -0.3 is 9.64 Å². The van der Waals surface area contributed by atoms with Crippen molar-refractivity contribution in [1.29, 1.82) is 0 Å². The number of methoxy groups -OCH3 is 1. The maximum Gasteiger partial charge on any atom is 0.164 e. The van der Waals surface area contributed by atoms with Gasteiger partial charge in [-0.25, -0.2) is 0 Å². The summed E-state index contributed by atoms with van der Waals surface area (Å²) >= 11 is 0. The molecule has 0 heterocycles. The monoisotopic (exact) mass is 249 g/mol. The SMILES string of the molecule is COc1ccc(C(=O)CCN(C)C)cc1C(C)C.